The van der Waals surface area contributed by atoms with Crippen LogP contribution in [0.1, 0.15) is 66.2 Å². The number of carbonyl (C=O) groups is 2. The maximum Gasteiger partial charge on any atom is 0.247 e. The zero-order valence-corrected chi connectivity index (χ0v) is 30.9. The van der Waals surface area contributed by atoms with E-state index in [1.54, 1.807) is 0 Å². The van der Waals surface area contributed by atoms with E-state index >= 15 is 0 Å². The van der Waals surface area contributed by atoms with Crippen molar-refractivity contribution in [2.24, 2.45) is 17.8 Å². The Morgan fingerprint density at radius 3 is 1.62 bits per heavy atom. The molecule has 2 N–H and O–H groups in total. The van der Waals surface area contributed by atoms with Crippen molar-refractivity contribution in [3.8, 4) is 0 Å². The Morgan fingerprint density at radius 1 is 0.667 bits per heavy atom. The van der Waals surface area contributed by atoms with Crippen LogP contribution in [0.5, 0.6) is 0 Å². The Morgan fingerprint density at radius 2 is 1.10 bits per heavy atom. The van der Waals surface area contributed by atoms with Gasteiger partial charge in [-0.05, 0) is 58.1 Å². The smallest absolute Gasteiger partial charge is 0.247 e. The molecule has 4 aromatic carbocycles. The fourth-order valence-corrected chi connectivity index (χ4v) is 7.08. The Balaban J connectivity index is 0.00000451. The van der Waals surface area contributed by atoms with Gasteiger partial charge in [0.2, 0.25) is 11.8 Å². The molecule has 6 rings (SSSR count). The molecule has 0 spiro atoms. The van der Waals surface area contributed by atoms with Crippen LogP contribution in [0.2, 0.25) is 0 Å². The Bertz CT molecular complexity index is 1650. The molecule has 7 atom stereocenters. The van der Waals surface area contributed by atoms with Crippen molar-refractivity contribution in [2.75, 3.05) is 0 Å². The second-order valence-electron chi connectivity index (χ2n) is 13.2. The molecule has 1 radical (unpaired) electrons. The van der Waals surface area contributed by atoms with Crippen molar-refractivity contribution in [1.29, 1.82) is 0 Å². The Labute approximate surface area is 310 Å². The summed E-state index contributed by atoms with van der Waals surface area (Å²) >= 11 is 0. The summed E-state index contributed by atoms with van der Waals surface area (Å²) in [5.41, 5.74) is 6.77. The zero-order chi connectivity index (χ0) is 32.8. The predicted molar refractivity (Wildman–Crippen MR) is 184 cm³/mol. The largest absolute Gasteiger partial charge is 0.396 e. The third-order valence-electron chi connectivity index (χ3n) is 9.62. The van der Waals surface area contributed by atoms with Crippen molar-refractivity contribution >= 4 is 11.8 Å². The molecule has 0 heterocycles. The molecular formula is C41H45N2O4Y-. The number of benzene rings is 4. The predicted octanol–water partition coefficient (Wildman–Crippen LogP) is 7.09. The van der Waals surface area contributed by atoms with Crippen LogP contribution in [0.15, 0.2) is 109 Å². The normalized spacial score (nSPS) is 21.2. The van der Waals surface area contributed by atoms with E-state index < -0.39 is 18.1 Å². The number of carbonyl (C=O) groups excluding carboxylic acids is 2. The summed E-state index contributed by atoms with van der Waals surface area (Å²) in [6, 6.07) is 36.0. The molecule has 0 saturated carbocycles. The SMILES string of the molecule is CC([CH-]C(OCc1ccccc1)C(=O)NC1c2ccccc2CC1C)C(OCc1ccccc1)C(=O)NC1c2ccccc2CC1C.[Y]. The minimum absolute atomic E-state index is 0. The van der Waals surface area contributed by atoms with Gasteiger partial charge in [-0.3, -0.25) is 16.0 Å². The van der Waals surface area contributed by atoms with Gasteiger partial charge in [-0.15, -0.1) is 5.92 Å². The molecule has 2 aliphatic carbocycles. The van der Waals surface area contributed by atoms with Crippen LogP contribution in [-0.2, 0) is 77.8 Å². The standard InChI is InChI=1S/C41H45N2O4.Y/c1-27-22-32-18-10-12-20-34(32)37(27)42-40(44)36(46-25-30-14-6-4-7-15-30)24-29(3)39(47-26-31-16-8-5-9-17-31)41(45)43-38-28(2)23-33-19-11-13-21-35(33)38;/h4-21,24,27-29,36-39H,22-23,25-26H2,1-3H3,(H,42,44)(H,43,45);/q-1;. The topological polar surface area (TPSA) is 76.7 Å². The summed E-state index contributed by atoms with van der Waals surface area (Å²) in [6.07, 6.45) is 1.93. The van der Waals surface area contributed by atoms with Gasteiger partial charge in [-0.2, -0.15) is 0 Å². The summed E-state index contributed by atoms with van der Waals surface area (Å²) in [5, 5.41) is 6.60. The number of ether oxygens (including phenoxy) is 2. The molecular weight excluding hydrogens is 673 g/mol. The Kier molecular flexibility index (Phi) is 12.8. The van der Waals surface area contributed by atoms with Crippen LogP contribution < -0.4 is 10.6 Å². The zero-order valence-electron chi connectivity index (χ0n) is 28.0. The van der Waals surface area contributed by atoms with E-state index in [0.717, 1.165) is 35.1 Å². The first kappa shape index (κ1) is 36.1. The minimum atomic E-state index is -0.896. The molecule has 247 valence electrons. The van der Waals surface area contributed by atoms with Gasteiger partial charge in [-0.25, -0.2) is 0 Å². The monoisotopic (exact) mass is 718 g/mol. The minimum Gasteiger partial charge on any atom is -0.396 e. The van der Waals surface area contributed by atoms with E-state index in [1.807, 2.05) is 98.3 Å². The molecule has 4 aromatic rings. The number of nitrogens with one attached hydrogen (secondary N) is 2. The third kappa shape index (κ3) is 8.70. The second-order valence-corrected chi connectivity index (χ2v) is 13.2. The molecule has 7 unspecified atom stereocenters. The quantitative estimate of drug-likeness (QED) is 0.145. The summed E-state index contributed by atoms with van der Waals surface area (Å²) in [5.74, 6) is -0.340. The molecule has 0 saturated heterocycles. The maximum absolute atomic E-state index is 14.1. The van der Waals surface area contributed by atoms with Crippen molar-refractivity contribution in [3.05, 3.63) is 149 Å². The first-order valence-electron chi connectivity index (χ1n) is 16.8. The molecule has 2 aliphatic rings. The molecule has 7 heteroatoms. The average molecular weight is 719 g/mol. The number of hydrogen-bond acceptors (Lipinski definition) is 4. The first-order chi connectivity index (χ1) is 22.9. The molecule has 2 amide bonds. The van der Waals surface area contributed by atoms with E-state index in [2.05, 4.69) is 48.7 Å². The van der Waals surface area contributed by atoms with Crippen LogP contribution in [0.4, 0.5) is 0 Å². The van der Waals surface area contributed by atoms with E-state index in [0.29, 0.717) is 0 Å². The van der Waals surface area contributed by atoms with Crippen molar-refractivity contribution in [2.45, 2.75) is 71.1 Å². The van der Waals surface area contributed by atoms with Gasteiger partial charge in [0.1, 0.15) is 6.10 Å². The van der Waals surface area contributed by atoms with Gasteiger partial charge < -0.3 is 20.1 Å². The molecule has 6 nitrogen and oxygen atoms in total. The van der Waals surface area contributed by atoms with Crippen LogP contribution in [0.25, 0.3) is 0 Å². The number of amides is 2. The van der Waals surface area contributed by atoms with E-state index in [4.69, 9.17) is 9.47 Å². The molecule has 0 aliphatic heterocycles. The summed E-state index contributed by atoms with van der Waals surface area (Å²) in [7, 11) is 0. The Hall–Kier alpha value is -3.16. The maximum atomic E-state index is 14.1. The van der Waals surface area contributed by atoms with E-state index in [9.17, 15) is 9.59 Å². The van der Waals surface area contributed by atoms with Crippen LogP contribution in [-0.4, -0.2) is 24.0 Å². The van der Waals surface area contributed by atoms with Crippen molar-refractivity contribution in [3.63, 3.8) is 0 Å². The number of fused-ring (bicyclic) bond motifs is 2. The fourth-order valence-electron chi connectivity index (χ4n) is 7.08. The van der Waals surface area contributed by atoms with Crippen LogP contribution >= 0.6 is 0 Å². The first-order valence-corrected chi connectivity index (χ1v) is 16.8. The molecule has 0 bridgehead atoms. The van der Waals surface area contributed by atoms with Gasteiger partial charge in [-0.1, -0.05) is 130 Å². The third-order valence-corrected chi connectivity index (χ3v) is 9.62. The second kappa shape index (κ2) is 17.0. The summed E-state index contributed by atoms with van der Waals surface area (Å²) in [4.78, 5) is 28.1. The average Bonchev–Trinajstić information content (AvgIpc) is 3.58. The van der Waals surface area contributed by atoms with Crippen molar-refractivity contribution < 1.29 is 51.8 Å². The summed E-state index contributed by atoms with van der Waals surface area (Å²) < 4.78 is 12.7. The van der Waals surface area contributed by atoms with Gasteiger partial charge in [0.15, 0.2) is 0 Å². The van der Waals surface area contributed by atoms with Crippen molar-refractivity contribution in [1.82, 2.24) is 10.6 Å². The number of rotatable bonds is 13. The van der Waals surface area contributed by atoms with Gasteiger partial charge in [0.05, 0.1) is 25.3 Å². The van der Waals surface area contributed by atoms with E-state index in [-0.39, 0.29) is 81.7 Å². The van der Waals surface area contributed by atoms with Gasteiger partial charge >= 0.3 is 0 Å². The fraction of sp³-hybridized carbons (Fsp3) is 0.341. The molecule has 0 aromatic heterocycles. The molecule has 48 heavy (non-hydrogen) atoms. The number of hydrogen-bond donors (Lipinski definition) is 2. The molecule has 0 fully saturated rings. The van der Waals surface area contributed by atoms with Gasteiger partial charge in [0.25, 0.3) is 0 Å². The van der Waals surface area contributed by atoms with Gasteiger partial charge in [0, 0.05) is 38.8 Å². The van der Waals surface area contributed by atoms with E-state index in [1.165, 1.54) is 11.1 Å². The van der Waals surface area contributed by atoms with Crippen LogP contribution in [0.3, 0.4) is 0 Å². The summed E-state index contributed by atoms with van der Waals surface area (Å²) in [6.45, 7) is 6.79. The van der Waals surface area contributed by atoms with Crippen LogP contribution in [0, 0.1) is 24.2 Å².